The molecule has 2 heterocycles. The fourth-order valence-corrected chi connectivity index (χ4v) is 2.74. The van der Waals surface area contributed by atoms with Gasteiger partial charge in [0.1, 0.15) is 22.9 Å². The molecule has 0 fully saturated rings. The van der Waals surface area contributed by atoms with Crippen molar-refractivity contribution in [1.29, 1.82) is 0 Å². The normalized spacial score (nSPS) is 14.9. The number of aryl methyl sites for hydroxylation is 1. The molecule has 0 radical (unpaired) electrons. The Morgan fingerprint density at radius 1 is 1.16 bits per heavy atom. The van der Waals surface area contributed by atoms with Crippen LogP contribution < -0.4 is 5.32 Å². The highest BCUT2D eigenvalue weighted by molar-refractivity contribution is 5.30. The first-order valence-corrected chi connectivity index (χ1v) is 8.14. The topological polar surface area (TPSA) is 58.3 Å². The van der Waals surface area contributed by atoms with Gasteiger partial charge >= 0.3 is 0 Å². The number of nitrogens with zero attached hydrogens (tertiary/aromatic N) is 1. The zero-order chi connectivity index (χ0) is 17.9. The first-order valence-electron chi connectivity index (χ1n) is 8.14. The van der Waals surface area contributed by atoms with Crippen LogP contribution in [0.1, 0.15) is 35.6 Å². The summed E-state index contributed by atoms with van der Waals surface area (Å²) in [7, 11) is 0. The second-order valence-corrected chi connectivity index (χ2v) is 6.34. The first kappa shape index (κ1) is 17.3. The Morgan fingerprint density at radius 3 is 2.52 bits per heavy atom. The molecule has 2 N–H and O–H groups in total. The Bertz CT molecular complexity index is 813. The van der Waals surface area contributed by atoms with Crippen molar-refractivity contribution in [2.45, 2.75) is 25.5 Å². The van der Waals surface area contributed by atoms with E-state index in [0.717, 1.165) is 16.9 Å². The van der Waals surface area contributed by atoms with Gasteiger partial charge in [-0.2, -0.15) is 0 Å². The molecule has 4 nitrogen and oxygen atoms in total. The van der Waals surface area contributed by atoms with Gasteiger partial charge < -0.3 is 14.8 Å². The largest absolute Gasteiger partial charge is 0.463 e. The second-order valence-electron chi connectivity index (χ2n) is 6.34. The van der Waals surface area contributed by atoms with Crippen molar-refractivity contribution in [3.05, 3.63) is 89.4 Å². The van der Waals surface area contributed by atoms with Gasteiger partial charge in [0.05, 0.1) is 6.04 Å². The minimum absolute atomic E-state index is 0.225. The number of furan rings is 1. The van der Waals surface area contributed by atoms with E-state index in [1.807, 2.05) is 25.1 Å². The number of hydrogen-bond donors (Lipinski definition) is 2. The van der Waals surface area contributed by atoms with Crippen molar-refractivity contribution in [2.24, 2.45) is 0 Å². The number of hydrogen-bond acceptors (Lipinski definition) is 4. The summed E-state index contributed by atoms with van der Waals surface area (Å²) in [5, 5.41) is 14.1. The fourth-order valence-electron chi connectivity index (χ4n) is 2.74. The zero-order valence-electron chi connectivity index (χ0n) is 14.2. The summed E-state index contributed by atoms with van der Waals surface area (Å²) in [5.41, 5.74) is 0.649. The molecule has 0 aliphatic heterocycles. The minimum Gasteiger partial charge on any atom is -0.463 e. The molecular formula is C20H21FN2O2. The van der Waals surface area contributed by atoms with Crippen LogP contribution in [0.3, 0.4) is 0 Å². The molecule has 25 heavy (non-hydrogen) atoms. The lowest BCUT2D eigenvalue weighted by Crippen LogP contribution is -2.37. The van der Waals surface area contributed by atoms with Crippen LogP contribution in [0.15, 0.2) is 65.3 Å². The van der Waals surface area contributed by atoms with Crippen LogP contribution in [-0.2, 0) is 5.60 Å². The molecule has 0 saturated carbocycles. The fraction of sp³-hybridized carbons (Fsp3) is 0.250. The quantitative estimate of drug-likeness (QED) is 0.718. The number of aromatic nitrogens is 1. The highest BCUT2D eigenvalue weighted by atomic mass is 19.1. The third-order valence-corrected chi connectivity index (χ3v) is 4.14. The van der Waals surface area contributed by atoms with Crippen LogP contribution in [0.25, 0.3) is 0 Å². The predicted molar refractivity (Wildman–Crippen MR) is 93.5 cm³/mol. The van der Waals surface area contributed by atoms with Crippen LogP contribution in [-0.4, -0.2) is 16.6 Å². The maximum Gasteiger partial charge on any atom is 0.136 e. The number of nitrogens with one attached hydrogen (secondary N) is 1. The molecule has 0 amide bonds. The van der Waals surface area contributed by atoms with E-state index in [9.17, 15) is 9.50 Å². The highest BCUT2D eigenvalue weighted by Crippen LogP contribution is 2.26. The van der Waals surface area contributed by atoms with E-state index < -0.39 is 5.60 Å². The van der Waals surface area contributed by atoms with Gasteiger partial charge in [-0.05, 0) is 55.3 Å². The molecule has 0 saturated heterocycles. The van der Waals surface area contributed by atoms with E-state index in [-0.39, 0.29) is 18.4 Å². The van der Waals surface area contributed by atoms with Gasteiger partial charge in [-0.15, -0.1) is 0 Å². The Hall–Kier alpha value is -2.50. The van der Waals surface area contributed by atoms with Gasteiger partial charge in [0.25, 0.3) is 0 Å². The average Bonchev–Trinajstić information content (AvgIpc) is 3.05. The Balaban J connectivity index is 1.84. The molecule has 2 unspecified atom stereocenters. The summed E-state index contributed by atoms with van der Waals surface area (Å²) in [5.74, 6) is 0.964. The minimum atomic E-state index is -1.17. The number of pyridine rings is 1. The smallest absolute Gasteiger partial charge is 0.136 e. The van der Waals surface area contributed by atoms with E-state index >= 15 is 0 Å². The van der Waals surface area contributed by atoms with Crippen molar-refractivity contribution in [3.8, 4) is 0 Å². The third-order valence-electron chi connectivity index (χ3n) is 4.14. The standard InChI is InChI=1S/C20H21FN2O2/c1-14-5-10-18(25-14)20(2,24)13-23-19(16-4-3-11-22-12-16)15-6-8-17(21)9-7-15/h3-12,19,23-24H,13H2,1-2H3. The van der Waals surface area contributed by atoms with Crippen LogP contribution in [0.4, 0.5) is 4.39 Å². The predicted octanol–water partition coefficient (Wildman–Crippen LogP) is 3.71. The molecule has 0 aliphatic rings. The molecule has 2 atom stereocenters. The highest BCUT2D eigenvalue weighted by Gasteiger charge is 2.28. The lowest BCUT2D eigenvalue weighted by atomic mass is 9.97. The van der Waals surface area contributed by atoms with Gasteiger partial charge in [-0.1, -0.05) is 18.2 Å². The number of aliphatic hydroxyl groups is 1. The molecule has 0 bridgehead atoms. The lowest BCUT2D eigenvalue weighted by Gasteiger charge is -2.26. The van der Waals surface area contributed by atoms with Crippen molar-refractivity contribution in [3.63, 3.8) is 0 Å². The van der Waals surface area contributed by atoms with Gasteiger partial charge in [0.2, 0.25) is 0 Å². The van der Waals surface area contributed by atoms with Gasteiger partial charge in [0.15, 0.2) is 0 Å². The van der Waals surface area contributed by atoms with E-state index in [1.165, 1.54) is 12.1 Å². The van der Waals surface area contributed by atoms with Gasteiger partial charge in [-0.3, -0.25) is 4.98 Å². The monoisotopic (exact) mass is 340 g/mol. The molecular weight excluding hydrogens is 319 g/mol. The molecule has 130 valence electrons. The molecule has 5 heteroatoms. The van der Waals surface area contributed by atoms with E-state index in [0.29, 0.717) is 5.76 Å². The molecule has 1 aromatic carbocycles. The second kappa shape index (κ2) is 7.17. The Kier molecular flexibility index (Phi) is 4.97. The Labute approximate surface area is 146 Å². The summed E-state index contributed by atoms with van der Waals surface area (Å²) in [6.45, 7) is 3.80. The van der Waals surface area contributed by atoms with Gasteiger partial charge in [0, 0.05) is 18.9 Å². The zero-order valence-corrected chi connectivity index (χ0v) is 14.2. The molecule has 3 aromatic rings. The average molecular weight is 340 g/mol. The number of benzene rings is 1. The molecule has 0 aliphatic carbocycles. The van der Waals surface area contributed by atoms with Gasteiger partial charge in [-0.25, -0.2) is 4.39 Å². The summed E-state index contributed by atoms with van der Waals surface area (Å²) in [4.78, 5) is 4.16. The molecule has 2 aromatic heterocycles. The first-order chi connectivity index (χ1) is 12.0. The summed E-state index contributed by atoms with van der Waals surface area (Å²) in [6, 6.07) is 13.5. The lowest BCUT2D eigenvalue weighted by molar-refractivity contribution is 0.0318. The molecule has 3 rings (SSSR count). The van der Waals surface area contributed by atoms with Crippen LogP contribution in [0, 0.1) is 12.7 Å². The SMILES string of the molecule is Cc1ccc(C(C)(O)CNC(c2ccc(F)cc2)c2cccnc2)o1. The van der Waals surface area contributed by atoms with Crippen molar-refractivity contribution < 1.29 is 13.9 Å². The number of rotatable bonds is 6. The van der Waals surface area contributed by atoms with Crippen molar-refractivity contribution >= 4 is 0 Å². The number of halogens is 1. The van der Waals surface area contributed by atoms with Crippen molar-refractivity contribution in [2.75, 3.05) is 6.54 Å². The third kappa shape index (κ3) is 4.13. The maximum atomic E-state index is 13.3. The Morgan fingerprint density at radius 2 is 1.92 bits per heavy atom. The maximum absolute atomic E-state index is 13.3. The van der Waals surface area contributed by atoms with E-state index in [4.69, 9.17) is 4.42 Å². The van der Waals surface area contributed by atoms with E-state index in [1.54, 1.807) is 37.5 Å². The van der Waals surface area contributed by atoms with Crippen LogP contribution in [0.2, 0.25) is 0 Å². The van der Waals surface area contributed by atoms with E-state index in [2.05, 4.69) is 10.3 Å². The molecule has 0 spiro atoms. The van der Waals surface area contributed by atoms with Crippen LogP contribution >= 0.6 is 0 Å². The van der Waals surface area contributed by atoms with Crippen LogP contribution in [0.5, 0.6) is 0 Å². The summed E-state index contributed by atoms with van der Waals surface area (Å²) >= 11 is 0. The van der Waals surface area contributed by atoms with Crippen molar-refractivity contribution in [1.82, 2.24) is 10.3 Å². The summed E-state index contributed by atoms with van der Waals surface area (Å²) < 4.78 is 18.8. The summed E-state index contributed by atoms with van der Waals surface area (Å²) in [6.07, 6.45) is 3.46.